The summed E-state index contributed by atoms with van der Waals surface area (Å²) >= 11 is 0. The van der Waals surface area contributed by atoms with E-state index in [2.05, 4.69) is 0 Å². The van der Waals surface area contributed by atoms with E-state index in [0.29, 0.717) is 20.9 Å². The summed E-state index contributed by atoms with van der Waals surface area (Å²) in [7, 11) is -7.48. The minimum absolute atomic E-state index is 0.121. The third kappa shape index (κ3) is 5.04. The Balaban J connectivity index is 1.90. The maximum atomic E-state index is 13.6. The highest BCUT2D eigenvalue weighted by Crippen LogP contribution is 2.30. The van der Waals surface area contributed by atoms with E-state index in [1.165, 1.54) is 8.61 Å². The van der Waals surface area contributed by atoms with Crippen molar-refractivity contribution in [2.45, 2.75) is 76.1 Å². The van der Waals surface area contributed by atoms with Crippen LogP contribution in [0.2, 0.25) is 0 Å². The lowest BCUT2D eigenvalue weighted by molar-refractivity contribution is 0.212. The Hall–Kier alpha value is -1.74. The molecule has 1 fully saturated rings. The normalized spacial score (nSPS) is 18.9. The fourth-order valence-electron chi connectivity index (χ4n) is 4.26. The van der Waals surface area contributed by atoms with Gasteiger partial charge in [-0.05, 0) is 67.0 Å². The van der Waals surface area contributed by atoms with E-state index in [4.69, 9.17) is 0 Å². The highest BCUT2D eigenvalue weighted by Gasteiger charge is 2.39. The predicted octanol–water partition coefficient (Wildman–Crippen LogP) is 4.63. The SMILES string of the molecule is Cc1ccc(C(C)C)cc1S(=O)(=O)N1CCN(S(=O)(=O)c2cc(C(C)C)ccc2C)C(C)C1. The maximum absolute atomic E-state index is 13.6. The number of sulfonamides is 2. The lowest BCUT2D eigenvalue weighted by Gasteiger charge is -2.38. The van der Waals surface area contributed by atoms with E-state index < -0.39 is 26.1 Å². The molecule has 33 heavy (non-hydrogen) atoms. The van der Waals surface area contributed by atoms with Gasteiger partial charge in [-0.1, -0.05) is 52.0 Å². The van der Waals surface area contributed by atoms with E-state index >= 15 is 0 Å². The second kappa shape index (κ2) is 9.49. The lowest BCUT2D eigenvalue weighted by Crippen LogP contribution is -2.55. The number of nitrogens with zero attached hydrogens (tertiary/aromatic N) is 2. The second-order valence-electron chi connectivity index (χ2n) is 9.69. The van der Waals surface area contributed by atoms with Gasteiger partial charge in [0.2, 0.25) is 20.0 Å². The van der Waals surface area contributed by atoms with Gasteiger partial charge in [0.15, 0.2) is 0 Å². The Labute approximate surface area is 199 Å². The molecular formula is C25H36N2O4S2. The summed E-state index contributed by atoms with van der Waals surface area (Å²) in [5.74, 6) is 0.425. The van der Waals surface area contributed by atoms with Gasteiger partial charge in [0.25, 0.3) is 0 Å². The molecule has 0 aromatic heterocycles. The summed E-state index contributed by atoms with van der Waals surface area (Å²) < 4.78 is 56.9. The summed E-state index contributed by atoms with van der Waals surface area (Å²) in [6.45, 7) is 13.9. The molecule has 1 unspecified atom stereocenters. The quantitative estimate of drug-likeness (QED) is 0.589. The molecule has 0 bridgehead atoms. The van der Waals surface area contributed by atoms with Crippen molar-refractivity contribution in [1.82, 2.24) is 8.61 Å². The molecule has 0 aliphatic carbocycles. The lowest BCUT2D eigenvalue weighted by atomic mass is 10.0. The molecule has 1 atom stereocenters. The number of hydrogen-bond acceptors (Lipinski definition) is 4. The van der Waals surface area contributed by atoms with Gasteiger partial charge in [-0.3, -0.25) is 0 Å². The molecule has 2 aromatic rings. The minimum atomic E-state index is -3.75. The van der Waals surface area contributed by atoms with E-state index in [-0.39, 0.29) is 31.5 Å². The van der Waals surface area contributed by atoms with Crippen LogP contribution in [0.5, 0.6) is 0 Å². The number of piperazine rings is 1. The molecule has 182 valence electrons. The molecule has 0 N–H and O–H groups in total. The third-order valence-corrected chi connectivity index (χ3v) is 10.7. The first-order valence-electron chi connectivity index (χ1n) is 11.5. The second-order valence-corrected chi connectivity index (χ2v) is 13.5. The molecular weight excluding hydrogens is 456 g/mol. The molecule has 1 heterocycles. The van der Waals surface area contributed by atoms with Crippen LogP contribution < -0.4 is 0 Å². The average Bonchev–Trinajstić information content (AvgIpc) is 2.73. The third-order valence-electron chi connectivity index (χ3n) is 6.49. The predicted molar refractivity (Wildman–Crippen MR) is 133 cm³/mol. The summed E-state index contributed by atoms with van der Waals surface area (Å²) in [5.41, 5.74) is 3.33. The fourth-order valence-corrected chi connectivity index (χ4v) is 7.90. The summed E-state index contributed by atoms with van der Waals surface area (Å²) in [5, 5.41) is 0. The standard InChI is InChI=1S/C25H36N2O4S2/c1-17(2)22-10-8-19(5)24(14-22)32(28,29)26-12-13-27(21(7)16-26)33(30,31)25-15-23(18(3)4)11-9-20(25)6/h8-11,14-15,17-18,21H,12-13,16H2,1-7H3. The number of benzene rings is 2. The molecule has 0 amide bonds. The van der Waals surface area contributed by atoms with E-state index in [1.54, 1.807) is 32.9 Å². The molecule has 2 aromatic carbocycles. The number of hydrogen-bond donors (Lipinski definition) is 0. The molecule has 0 radical (unpaired) electrons. The van der Waals surface area contributed by atoms with Crippen molar-refractivity contribution >= 4 is 20.0 Å². The zero-order valence-electron chi connectivity index (χ0n) is 20.7. The first-order valence-corrected chi connectivity index (χ1v) is 14.4. The first-order chi connectivity index (χ1) is 15.3. The van der Waals surface area contributed by atoms with Crippen molar-refractivity contribution in [2.75, 3.05) is 19.6 Å². The molecule has 6 nitrogen and oxygen atoms in total. The van der Waals surface area contributed by atoms with Crippen LogP contribution in [0.25, 0.3) is 0 Å². The Bertz CT molecular complexity index is 1240. The molecule has 3 rings (SSSR count). The van der Waals surface area contributed by atoms with Crippen molar-refractivity contribution in [3.8, 4) is 0 Å². The Kier molecular flexibility index (Phi) is 7.44. The van der Waals surface area contributed by atoms with Crippen molar-refractivity contribution in [2.24, 2.45) is 0 Å². The largest absolute Gasteiger partial charge is 0.243 e. The van der Waals surface area contributed by atoms with Gasteiger partial charge in [-0.15, -0.1) is 0 Å². The van der Waals surface area contributed by atoms with Crippen molar-refractivity contribution in [1.29, 1.82) is 0 Å². The van der Waals surface area contributed by atoms with Crippen LogP contribution in [-0.4, -0.2) is 51.1 Å². The van der Waals surface area contributed by atoms with E-state index in [0.717, 1.165) is 11.1 Å². The van der Waals surface area contributed by atoms with Crippen molar-refractivity contribution in [3.63, 3.8) is 0 Å². The van der Waals surface area contributed by atoms with Crippen molar-refractivity contribution in [3.05, 3.63) is 58.7 Å². The highest BCUT2D eigenvalue weighted by atomic mass is 32.2. The molecule has 0 spiro atoms. The molecule has 1 aliphatic heterocycles. The molecule has 8 heteroatoms. The van der Waals surface area contributed by atoms with E-state index in [9.17, 15) is 16.8 Å². The van der Waals surface area contributed by atoms with Gasteiger partial charge in [0.05, 0.1) is 9.79 Å². The highest BCUT2D eigenvalue weighted by molar-refractivity contribution is 7.89. The van der Waals surface area contributed by atoms with Crippen LogP contribution in [-0.2, 0) is 20.0 Å². The summed E-state index contributed by atoms with van der Waals surface area (Å²) in [6, 6.07) is 10.6. The average molecular weight is 493 g/mol. The number of aryl methyl sites for hydroxylation is 2. The zero-order valence-corrected chi connectivity index (χ0v) is 22.3. The van der Waals surface area contributed by atoms with Crippen LogP contribution in [0.3, 0.4) is 0 Å². The van der Waals surface area contributed by atoms with Gasteiger partial charge >= 0.3 is 0 Å². The van der Waals surface area contributed by atoms with Crippen molar-refractivity contribution < 1.29 is 16.8 Å². The van der Waals surface area contributed by atoms with Gasteiger partial charge in [0, 0.05) is 25.7 Å². The maximum Gasteiger partial charge on any atom is 0.243 e. The molecule has 1 saturated heterocycles. The Morgan fingerprint density at radius 2 is 1.21 bits per heavy atom. The Morgan fingerprint density at radius 1 is 0.758 bits per heavy atom. The zero-order chi connectivity index (χ0) is 24.7. The number of rotatable bonds is 6. The summed E-state index contributed by atoms with van der Waals surface area (Å²) in [6.07, 6.45) is 0. The minimum Gasteiger partial charge on any atom is -0.207 e. The summed E-state index contributed by atoms with van der Waals surface area (Å²) in [4.78, 5) is 0.607. The van der Waals surface area contributed by atoms with Gasteiger partial charge in [-0.25, -0.2) is 16.8 Å². The fraction of sp³-hybridized carbons (Fsp3) is 0.520. The van der Waals surface area contributed by atoms with Crippen LogP contribution in [0.4, 0.5) is 0 Å². The monoisotopic (exact) mass is 492 g/mol. The van der Waals surface area contributed by atoms with Crippen LogP contribution in [0.15, 0.2) is 46.2 Å². The molecule has 0 saturated carbocycles. The smallest absolute Gasteiger partial charge is 0.207 e. The van der Waals surface area contributed by atoms with Crippen LogP contribution in [0.1, 0.15) is 68.7 Å². The Morgan fingerprint density at radius 3 is 1.64 bits per heavy atom. The van der Waals surface area contributed by atoms with Crippen LogP contribution >= 0.6 is 0 Å². The van der Waals surface area contributed by atoms with Gasteiger partial charge < -0.3 is 0 Å². The first kappa shape index (κ1) is 25.9. The van der Waals surface area contributed by atoms with Gasteiger partial charge in [-0.2, -0.15) is 8.61 Å². The van der Waals surface area contributed by atoms with Crippen LogP contribution in [0, 0.1) is 13.8 Å². The van der Waals surface area contributed by atoms with Gasteiger partial charge in [0.1, 0.15) is 0 Å². The molecule has 1 aliphatic rings. The van der Waals surface area contributed by atoms with E-state index in [1.807, 2.05) is 52.0 Å². The topological polar surface area (TPSA) is 74.8 Å².